The van der Waals surface area contributed by atoms with Gasteiger partial charge in [-0.05, 0) is 38.3 Å². The molecule has 94 valence electrons. The molecular weight excluding hydrogens is 213 g/mol. The molecule has 1 fully saturated rings. The fourth-order valence-corrected chi connectivity index (χ4v) is 2.35. The standard InChI is InChI=1S/C15H22FN/c1-3-17-15(9-7-12-5-6-12)13-10-11(2)4-8-14(13)16/h4,8,10,12,15,17H,3,5-7,9H2,1-2H3. The van der Waals surface area contributed by atoms with E-state index in [1.54, 1.807) is 6.07 Å². The van der Waals surface area contributed by atoms with Gasteiger partial charge in [-0.25, -0.2) is 4.39 Å². The van der Waals surface area contributed by atoms with Gasteiger partial charge in [-0.2, -0.15) is 0 Å². The van der Waals surface area contributed by atoms with Crippen LogP contribution in [0, 0.1) is 18.7 Å². The molecule has 0 heterocycles. The van der Waals surface area contributed by atoms with Crippen molar-refractivity contribution in [1.29, 1.82) is 0 Å². The van der Waals surface area contributed by atoms with Crippen molar-refractivity contribution in [3.8, 4) is 0 Å². The molecule has 1 aromatic carbocycles. The van der Waals surface area contributed by atoms with Crippen molar-refractivity contribution in [1.82, 2.24) is 5.32 Å². The SMILES string of the molecule is CCNC(CCC1CC1)c1cc(C)ccc1F. The summed E-state index contributed by atoms with van der Waals surface area (Å²) in [5.74, 6) is 0.835. The van der Waals surface area contributed by atoms with Gasteiger partial charge in [0.15, 0.2) is 0 Å². The predicted octanol–water partition coefficient (Wildman–Crippen LogP) is 3.97. The predicted molar refractivity (Wildman–Crippen MR) is 69.5 cm³/mol. The third kappa shape index (κ3) is 3.53. The van der Waals surface area contributed by atoms with Crippen LogP contribution in [0.15, 0.2) is 18.2 Å². The van der Waals surface area contributed by atoms with Gasteiger partial charge in [-0.15, -0.1) is 0 Å². The fourth-order valence-electron chi connectivity index (χ4n) is 2.35. The summed E-state index contributed by atoms with van der Waals surface area (Å²) in [6.45, 7) is 4.99. The molecular formula is C15H22FN. The van der Waals surface area contributed by atoms with E-state index in [9.17, 15) is 4.39 Å². The summed E-state index contributed by atoms with van der Waals surface area (Å²) < 4.78 is 13.8. The minimum absolute atomic E-state index is 0.0719. The topological polar surface area (TPSA) is 12.0 Å². The zero-order valence-electron chi connectivity index (χ0n) is 10.8. The second-order valence-corrected chi connectivity index (χ2v) is 5.16. The number of nitrogens with one attached hydrogen (secondary N) is 1. The van der Waals surface area contributed by atoms with Gasteiger partial charge in [0.05, 0.1) is 0 Å². The minimum atomic E-state index is -0.0719. The van der Waals surface area contributed by atoms with E-state index in [0.29, 0.717) is 0 Å². The van der Waals surface area contributed by atoms with Gasteiger partial charge in [-0.3, -0.25) is 0 Å². The van der Waals surface area contributed by atoms with Gasteiger partial charge in [0.25, 0.3) is 0 Å². The Morgan fingerprint density at radius 3 is 2.82 bits per heavy atom. The lowest BCUT2D eigenvalue weighted by atomic mass is 9.98. The largest absolute Gasteiger partial charge is 0.310 e. The molecule has 1 unspecified atom stereocenters. The highest BCUT2D eigenvalue weighted by atomic mass is 19.1. The maximum Gasteiger partial charge on any atom is 0.127 e. The van der Waals surface area contributed by atoms with Crippen molar-refractivity contribution in [3.63, 3.8) is 0 Å². The van der Waals surface area contributed by atoms with E-state index >= 15 is 0 Å². The summed E-state index contributed by atoms with van der Waals surface area (Å²) in [4.78, 5) is 0. The number of hydrogen-bond acceptors (Lipinski definition) is 1. The highest BCUT2D eigenvalue weighted by Crippen LogP contribution is 2.36. The van der Waals surface area contributed by atoms with Crippen LogP contribution in [0.3, 0.4) is 0 Å². The quantitative estimate of drug-likeness (QED) is 0.786. The highest BCUT2D eigenvalue weighted by molar-refractivity contribution is 5.26. The first-order chi connectivity index (χ1) is 8.20. The Balaban J connectivity index is 2.08. The van der Waals surface area contributed by atoms with E-state index in [1.165, 1.54) is 19.3 Å². The molecule has 1 saturated carbocycles. The zero-order chi connectivity index (χ0) is 12.3. The third-order valence-electron chi connectivity index (χ3n) is 3.54. The molecule has 0 amide bonds. The van der Waals surface area contributed by atoms with Crippen molar-refractivity contribution in [2.45, 2.75) is 45.6 Å². The van der Waals surface area contributed by atoms with Crippen LogP contribution in [0.2, 0.25) is 0 Å². The van der Waals surface area contributed by atoms with Crippen molar-refractivity contribution in [2.24, 2.45) is 5.92 Å². The van der Waals surface area contributed by atoms with E-state index < -0.39 is 0 Å². The summed E-state index contributed by atoms with van der Waals surface area (Å²) in [5.41, 5.74) is 1.98. The molecule has 0 bridgehead atoms. The van der Waals surface area contributed by atoms with E-state index in [-0.39, 0.29) is 11.9 Å². The molecule has 0 aromatic heterocycles. The molecule has 1 N–H and O–H groups in total. The van der Waals surface area contributed by atoms with Crippen molar-refractivity contribution in [3.05, 3.63) is 35.1 Å². The number of hydrogen-bond donors (Lipinski definition) is 1. The molecule has 17 heavy (non-hydrogen) atoms. The highest BCUT2D eigenvalue weighted by Gasteiger charge is 2.23. The molecule has 1 aliphatic rings. The first kappa shape index (κ1) is 12.6. The van der Waals surface area contributed by atoms with Crippen LogP contribution in [-0.2, 0) is 0 Å². The molecule has 0 aliphatic heterocycles. The lowest BCUT2D eigenvalue weighted by molar-refractivity contribution is 0.460. The van der Waals surface area contributed by atoms with E-state index in [1.807, 2.05) is 19.1 Å². The molecule has 0 saturated heterocycles. The number of benzene rings is 1. The fraction of sp³-hybridized carbons (Fsp3) is 0.600. The monoisotopic (exact) mass is 235 g/mol. The molecule has 0 spiro atoms. The first-order valence-corrected chi connectivity index (χ1v) is 6.70. The van der Waals surface area contributed by atoms with Crippen LogP contribution < -0.4 is 5.32 Å². The molecule has 1 nitrogen and oxygen atoms in total. The Bertz CT molecular complexity index is 371. The van der Waals surface area contributed by atoms with Crippen LogP contribution in [0.5, 0.6) is 0 Å². The summed E-state index contributed by atoms with van der Waals surface area (Å²) in [6.07, 6.45) is 5.02. The second kappa shape index (κ2) is 5.63. The van der Waals surface area contributed by atoms with Crippen molar-refractivity contribution < 1.29 is 4.39 Å². The van der Waals surface area contributed by atoms with Crippen LogP contribution in [-0.4, -0.2) is 6.54 Å². The van der Waals surface area contributed by atoms with Gasteiger partial charge in [0.2, 0.25) is 0 Å². The van der Waals surface area contributed by atoms with Gasteiger partial charge in [0.1, 0.15) is 5.82 Å². The average molecular weight is 235 g/mol. The summed E-state index contributed by atoms with van der Waals surface area (Å²) in [5, 5.41) is 3.41. The van der Waals surface area contributed by atoms with Crippen molar-refractivity contribution in [2.75, 3.05) is 6.54 Å². The minimum Gasteiger partial charge on any atom is -0.310 e. The molecule has 1 aromatic rings. The maximum atomic E-state index is 13.8. The first-order valence-electron chi connectivity index (χ1n) is 6.70. The van der Waals surface area contributed by atoms with E-state index in [4.69, 9.17) is 0 Å². The number of rotatable bonds is 6. The molecule has 2 rings (SSSR count). The third-order valence-corrected chi connectivity index (χ3v) is 3.54. The maximum absolute atomic E-state index is 13.8. The van der Waals surface area contributed by atoms with E-state index in [2.05, 4.69) is 12.2 Å². The Morgan fingerprint density at radius 2 is 2.18 bits per heavy atom. The lowest BCUT2D eigenvalue weighted by Gasteiger charge is -2.19. The second-order valence-electron chi connectivity index (χ2n) is 5.16. The smallest absolute Gasteiger partial charge is 0.127 e. The zero-order valence-corrected chi connectivity index (χ0v) is 10.8. The molecule has 1 atom stereocenters. The Labute approximate surface area is 103 Å². The van der Waals surface area contributed by atoms with Crippen molar-refractivity contribution >= 4 is 0 Å². The number of halogens is 1. The summed E-state index contributed by atoms with van der Waals surface area (Å²) in [7, 11) is 0. The summed E-state index contributed by atoms with van der Waals surface area (Å²) in [6, 6.07) is 5.59. The number of aryl methyl sites for hydroxylation is 1. The van der Waals surface area contributed by atoms with E-state index in [0.717, 1.165) is 30.0 Å². The van der Waals surface area contributed by atoms with Crippen LogP contribution in [0.4, 0.5) is 4.39 Å². The molecule has 0 radical (unpaired) electrons. The Hall–Kier alpha value is -0.890. The summed E-state index contributed by atoms with van der Waals surface area (Å²) >= 11 is 0. The van der Waals surface area contributed by atoms with Gasteiger partial charge < -0.3 is 5.32 Å². The molecule has 1 aliphatic carbocycles. The van der Waals surface area contributed by atoms with Crippen LogP contribution in [0.25, 0.3) is 0 Å². The lowest BCUT2D eigenvalue weighted by Crippen LogP contribution is -2.22. The van der Waals surface area contributed by atoms with Gasteiger partial charge in [0, 0.05) is 11.6 Å². The van der Waals surface area contributed by atoms with Gasteiger partial charge in [-0.1, -0.05) is 37.5 Å². The Kier molecular flexibility index (Phi) is 4.16. The Morgan fingerprint density at radius 1 is 1.41 bits per heavy atom. The normalized spacial score (nSPS) is 17.1. The molecule has 2 heteroatoms. The van der Waals surface area contributed by atoms with Crippen LogP contribution >= 0.6 is 0 Å². The average Bonchev–Trinajstić information content (AvgIpc) is 3.12. The van der Waals surface area contributed by atoms with Gasteiger partial charge >= 0.3 is 0 Å². The van der Waals surface area contributed by atoms with Crippen LogP contribution in [0.1, 0.15) is 49.8 Å².